The number of aliphatic hydroxyl groups excluding tert-OH is 1. The number of hydrogen-bond acceptors (Lipinski definition) is 11. The first-order valence-corrected chi connectivity index (χ1v) is 15.3. The lowest BCUT2D eigenvalue weighted by atomic mass is 10.1. The van der Waals surface area contributed by atoms with Gasteiger partial charge in [-0.05, 0) is 67.1 Å². The number of nitrogens with two attached hydrogens (primary N) is 1. The molecule has 2 aromatic carbocycles. The number of azide groups is 1. The van der Waals surface area contributed by atoms with E-state index in [9.17, 15) is 20.2 Å². The second kappa shape index (κ2) is 12.7. The van der Waals surface area contributed by atoms with Gasteiger partial charge in [0.05, 0.1) is 12.7 Å². The number of carbonyl (C=O) groups excluding carboxylic acids is 1. The summed E-state index contributed by atoms with van der Waals surface area (Å²) in [5.41, 5.74) is 11.4. The molecule has 1 aromatic heterocycles. The van der Waals surface area contributed by atoms with Crippen LogP contribution in [0.25, 0.3) is 21.2 Å². The number of halogens is 1. The van der Waals surface area contributed by atoms with Gasteiger partial charge < -0.3 is 29.4 Å². The van der Waals surface area contributed by atoms with Crippen LogP contribution in [-0.4, -0.2) is 57.4 Å². The highest BCUT2D eigenvalue weighted by molar-refractivity contribution is 8.09. The monoisotopic (exact) mass is 621 g/mol. The van der Waals surface area contributed by atoms with E-state index in [1.165, 1.54) is 13.0 Å². The van der Waals surface area contributed by atoms with Crippen molar-refractivity contribution in [2.75, 3.05) is 12.3 Å². The normalized spacial score (nSPS) is 24.1. The zero-order chi connectivity index (χ0) is 30.7. The molecule has 0 aliphatic carbocycles. The maximum absolute atomic E-state index is 15.6. The van der Waals surface area contributed by atoms with Crippen molar-refractivity contribution in [2.24, 2.45) is 5.11 Å². The van der Waals surface area contributed by atoms with Crippen LogP contribution in [0.1, 0.15) is 27.0 Å². The molecular formula is C25H29FN7O7PS. The van der Waals surface area contributed by atoms with E-state index < -0.39 is 61.3 Å². The molecule has 1 unspecified atom stereocenters. The molecule has 0 saturated carbocycles. The number of fused-ring (bicyclic) bond motifs is 1. The third kappa shape index (κ3) is 6.88. The average molecular weight is 622 g/mol. The zero-order valence-electron chi connectivity index (χ0n) is 22.7. The second-order valence-corrected chi connectivity index (χ2v) is 12.8. The Kier molecular flexibility index (Phi) is 9.48. The van der Waals surface area contributed by atoms with Crippen molar-refractivity contribution >= 4 is 41.0 Å². The summed E-state index contributed by atoms with van der Waals surface area (Å²) in [5, 5.41) is 18.7. The van der Waals surface area contributed by atoms with Crippen LogP contribution in [0.5, 0.6) is 5.75 Å². The molecule has 1 saturated heterocycles. The number of nitrogens with one attached hydrogen (secondary N) is 1. The van der Waals surface area contributed by atoms with Crippen LogP contribution in [0.3, 0.4) is 0 Å². The van der Waals surface area contributed by atoms with Gasteiger partial charge in [0.1, 0.15) is 23.7 Å². The Bertz CT molecular complexity index is 1620. The highest BCUT2D eigenvalue weighted by Gasteiger charge is 2.57. The Balaban J connectivity index is 1.65. The van der Waals surface area contributed by atoms with Crippen LogP contribution in [0.15, 0.2) is 64.6 Å². The van der Waals surface area contributed by atoms with Crippen molar-refractivity contribution in [2.45, 2.75) is 57.1 Å². The SMILES string of the molecule is CC(C)OC(=O)[C@H](C)NP(=S)(OC[C@@]1(N=[N+]=[N-])O[C@@H](n2ccc(N)nc2=O)[C@H](O)[C@@H]1F)Oc1ccc2ccccc2c1. The number of esters is 1. The molecule has 3 aromatic rings. The van der Waals surface area contributed by atoms with E-state index in [1.54, 1.807) is 32.0 Å². The minimum absolute atomic E-state index is 0.104. The van der Waals surface area contributed by atoms with Gasteiger partial charge in [-0.1, -0.05) is 35.4 Å². The van der Waals surface area contributed by atoms with Gasteiger partial charge in [-0.25, -0.2) is 14.3 Å². The van der Waals surface area contributed by atoms with E-state index in [-0.39, 0.29) is 11.6 Å². The van der Waals surface area contributed by atoms with Crippen molar-refractivity contribution in [3.63, 3.8) is 0 Å². The molecule has 14 nitrogen and oxygen atoms in total. The topological polar surface area (TPSA) is 196 Å². The number of anilines is 1. The molecule has 4 N–H and O–H groups in total. The Morgan fingerprint density at radius 1 is 1.33 bits per heavy atom. The van der Waals surface area contributed by atoms with Gasteiger partial charge in [0.2, 0.25) is 5.72 Å². The highest BCUT2D eigenvalue weighted by atomic mass is 32.5. The zero-order valence-corrected chi connectivity index (χ0v) is 24.4. The first-order chi connectivity index (χ1) is 19.9. The molecule has 1 fully saturated rings. The van der Waals surface area contributed by atoms with E-state index in [2.05, 4.69) is 20.1 Å². The summed E-state index contributed by atoms with van der Waals surface area (Å²) in [6, 6.07) is 12.8. The molecular weight excluding hydrogens is 592 g/mol. The van der Waals surface area contributed by atoms with E-state index in [0.29, 0.717) is 0 Å². The largest absolute Gasteiger partial charge is 0.462 e. The first kappa shape index (κ1) is 31.3. The van der Waals surface area contributed by atoms with Crippen molar-refractivity contribution in [3.05, 3.63) is 75.7 Å². The Labute approximate surface area is 244 Å². The number of rotatable bonds is 11. The number of aliphatic hydroxyl groups is 1. The fourth-order valence-electron chi connectivity index (χ4n) is 4.15. The maximum Gasteiger partial charge on any atom is 0.351 e. The Hall–Kier alpha value is -3.62. The van der Waals surface area contributed by atoms with Gasteiger partial charge in [0, 0.05) is 11.1 Å². The van der Waals surface area contributed by atoms with Crippen molar-refractivity contribution < 1.29 is 32.8 Å². The first-order valence-electron chi connectivity index (χ1n) is 12.7. The van der Waals surface area contributed by atoms with Gasteiger partial charge in [0.15, 0.2) is 12.4 Å². The number of nitrogens with zero attached hydrogens (tertiary/aromatic N) is 5. The molecule has 6 atom stereocenters. The summed E-state index contributed by atoms with van der Waals surface area (Å²) in [6.07, 6.45) is -5.28. The molecule has 17 heteroatoms. The molecule has 0 bridgehead atoms. The summed E-state index contributed by atoms with van der Waals surface area (Å²) in [4.78, 5) is 31.2. The number of ether oxygens (including phenoxy) is 2. The average Bonchev–Trinajstić information content (AvgIpc) is 3.17. The predicted molar refractivity (Wildman–Crippen MR) is 154 cm³/mol. The minimum atomic E-state index is -3.77. The number of benzene rings is 2. The molecule has 0 spiro atoms. The molecule has 4 rings (SSSR count). The fourth-order valence-corrected chi connectivity index (χ4v) is 6.54. The molecule has 0 radical (unpaired) electrons. The highest BCUT2D eigenvalue weighted by Crippen LogP contribution is 2.49. The van der Waals surface area contributed by atoms with Gasteiger partial charge in [0.25, 0.3) is 0 Å². The lowest BCUT2D eigenvalue weighted by Gasteiger charge is -2.31. The van der Waals surface area contributed by atoms with E-state index in [4.69, 9.17) is 36.1 Å². The van der Waals surface area contributed by atoms with E-state index >= 15 is 4.39 Å². The van der Waals surface area contributed by atoms with Crippen molar-refractivity contribution in [1.29, 1.82) is 0 Å². The van der Waals surface area contributed by atoms with Crippen LogP contribution in [0.2, 0.25) is 0 Å². The molecule has 1 aliphatic rings. The molecule has 1 aliphatic heterocycles. The van der Waals surface area contributed by atoms with Gasteiger partial charge in [-0.15, -0.1) is 0 Å². The summed E-state index contributed by atoms with van der Waals surface area (Å²) in [7, 11) is 0. The van der Waals surface area contributed by atoms with Crippen LogP contribution < -0.4 is 21.0 Å². The molecule has 224 valence electrons. The standard InChI is InChI=1S/C25H29FN7O7PS/c1-14(2)38-23(35)15(3)30-41(42,40-18-9-8-16-6-4-5-7-17(16)12-18)37-13-25(31-32-28)21(26)20(34)22(39-25)33-11-10-19(27)29-24(33)36/h4-12,14-15,20-22,34H,13H2,1-3H3,(H,30,42)(H2,27,29,36)/t15-,20+,21-,22+,25+,41?/m0/s1. The van der Waals surface area contributed by atoms with Crippen LogP contribution in [-0.2, 0) is 30.6 Å². The van der Waals surface area contributed by atoms with Crippen LogP contribution >= 0.6 is 6.64 Å². The van der Waals surface area contributed by atoms with Gasteiger partial charge >= 0.3 is 18.3 Å². The van der Waals surface area contributed by atoms with Crippen molar-refractivity contribution in [3.8, 4) is 5.75 Å². The van der Waals surface area contributed by atoms with Crippen LogP contribution in [0.4, 0.5) is 10.2 Å². The van der Waals surface area contributed by atoms with Crippen LogP contribution in [0, 0.1) is 0 Å². The molecule has 42 heavy (non-hydrogen) atoms. The molecule has 2 heterocycles. The van der Waals surface area contributed by atoms with Gasteiger partial charge in [-0.2, -0.15) is 4.98 Å². The number of carbonyl (C=O) groups is 1. The lowest BCUT2D eigenvalue weighted by Crippen LogP contribution is -2.43. The molecule has 0 amide bonds. The predicted octanol–water partition coefficient (Wildman–Crippen LogP) is 3.46. The summed E-state index contributed by atoms with van der Waals surface area (Å²) < 4.78 is 39.3. The number of alkyl halides is 1. The lowest BCUT2D eigenvalue weighted by molar-refractivity contribution is -0.149. The number of nitrogen functional groups attached to an aromatic ring is 1. The van der Waals surface area contributed by atoms with Crippen molar-refractivity contribution in [1.82, 2.24) is 14.6 Å². The summed E-state index contributed by atoms with van der Waals surface area (Å²) in [5.74, 6) is -0.484. The number of aromatic nitrogens is 2. The Morgan fingerprint density at radius 2 is 2.05 bits per heavy atom. The minimum Gasteiger partial charge on any atom is -0.462 e. The van der Waals surface area contributed by atoms with E-state index in [0.717, 1.165) is 21.5 Å². The summed E-state index contributed by atoms with van der Waals surface area (Å²) >= 11 is 5.70. The number of hydrogen-bond donors (Lipinski definition) is 3. The Morgan fingerprint density at radius 3 is 2.71 bits per heavy atom. The van der Waals surface area contributed by atoms with Gasteiger partial charge in [-0.3, -0.25) is 9.36 Å². The fraction of sp³-hybridized carbons (Fsp3) is 0.400. The third-order valence-corrected chi connectivity index (χ3v) is 8.61. The van der Waals surface area contributed by atoms with E-state index in [1.807, 2.05) is 24.3 Å². The smallest absolute Gasteiger partial charge is 0.351 e. The second-order valence-electron chi connectivity index (χ2n) is 9.68. The quantitative estimate of drug-likeness (QED) is 0.0932. The maximum atomic E-state index is 15.6. The summed E-state index contributed by atoms with van der Waals surface area (Å²) in [6.45, 7) is 0.189. The third-order valence-electron chi connectivity index (χ3n) is 6.13.